The van der Waals surface area contributed by atoms with Gasteiger partial charge in [-0.15, -0.1) is 11.3 Å². The zero-order valence-corrected chi connectivity index (χ0v) is 15.9. The molecule has 0 spiro atoms. The molecule has 0 aromatic carbocycles. The van der Waals surface area contributed by atoms with Gasteiger partial charge in [0.15, 0.2) is 0 Å². The van der Waals surface area contributed by atoms with Crippen LogP contribution in [0.15, 0.2) is 30.0 Å². The van der Waals surface area contributed by atoms with Gasteiger partial charge in [-0.2, -0.15) is 0 Å². The van der Waals surface area contributed by atoms with Gasteiger partial charge < -0.3 is 15.0 Å². The van der Waals surface area contributed by atoms with E-state index in [0.29, 0.717) is 12.0 Å². The smallest absolute Gasteiger partial charge is 0.225 e. The van der Waals surface area contributed by atoms with Gasteiger partial charge >= 0.3 is 0 Å². The number of hydrogen-bond acceptors (Lipinski definition) is 8. The maximum Gasteiger partial charge on any atom is 0.225 e. The third-order valence-corrected chi connectivity index (χ3v) is 6.20. The number of thiophene rings is 1. The summed E-state index contributed by atoms with van der Waals surface area (Å²) in [7, 11) is 0. The Morgan fingerprint density at radius 3 is 2.96 bits per heavy atom. The number of ether oxygens (including phenoxy) is 1. The fourth-order valence-electron chi connectivity index (χ4n) is 3.89. The number of fused-ring (bicyclic) bond motifs is 1. The lowest BCUT2D eigenvalue weighted by atomic mass is 9.96. The maximum absolute atomic E-state index is 5.47. The van der Waals surface area contributed by atoms with Crippen molar-refractivity contribution in [3.05, 3.63) is 35.7 Å². The lowest BCUT2D eigenvalue weighted by Gasteiger charge is -2.23. The predicted molar refractivity (Wildman–Crippen MR) is 106 cm³/mol. The summed E-state index contributed by atoms with van der Waals surface area (Å²) >= 11 is 1.64. The Labute approximate surface area is 161 Å². The van der Waals surface area contributed by atoms with E-state index in [2.05, 4.69) is 42.7 Å². The van der Waals surface area contributed by atoms with E-state index in [9.17, 15) is 0 Å². The third kappa shape index (κ3) is 3.46. The molecule has 1 unspecified atom stereocenters. The van der Waals surface area contributed by atoms with Gasteiger partial charge in [-0.25, -0.2) is 19.9 Å². The summed E-state index contributed by atoms with van der Waals surface area (Å²) < 4.78 is 5.47. The maximum atomic E-state index is 5.47. The van der Waals surface area contributed by atoms with E-state index < -0.39 is 0 Å². The Morgan fingerprint density at radius 1 is 1.11 bits per heavy atom. The molecule has 5 heterocycles. The molecule has 2 aliphatic rings. The van der Waals surface area contributed by atoms with Crippen LogP contribution in [-0.4, -0.2) is 52.3 Å². The summed E-state index contributed by atoms with van der Waals surface area (Å²) in [5.41, 5.74) is 1.15. The van der Waals surface area contributed by atoms with E-state index in [4.69, 9.17) is 9.72 Å². The highest BCUT2D eigenvalue weighted by molar-refractivity contribution is 7.16. The van der Waals surface area contributed by atoms with Crippen LogP contribution in [0.4, 0.5) is 11.8 Å². The second-order valence-corrected chi connectivity index (χ2v) is 8.00. The molecule has 0 saturated carbocycles. The highest BCUT2D eigenvalue weighted by Gasteiger charge is 2.26. The van der Waals surface area contributed by atoms with Crippen molar-refractivity contribution >= 4 is 33.3 Å². The average molecular weight is 382 g/mol. The predicted octanol–water partition coefficient (Wildman–Crippen LogP) is 3.07. The van der Waals surface area contributed by atoms with Crippen molar-refractivity contribution in [3.63, 3.8) is 0 Å². The van der Waals surface area contributed by atoms with Crippen molar-refractivity contribution in [2.75, 3.05) is 36.5 Å². The van der Waals surface area contributed by atoms with Crippen LogP contribution < -0.4 is 10.2 Å². The molecule has 140 valence electrons. The van der Waals surface area contributed by atoms with Crippen molar-refractivity contribution in [1.29, 1.82) is 0 Å². The van der Waals surface area contributed by atoms with Gasteiger partial charge in [0.05, 0.1) is 5.39 Å². The molecule has 1 N–H and O–H groups in total. The normalized spacial score (nSPS) is 21.0. The number of aromatic nitrogens is 4. The summed E-state index contributed by atoms with van der Waals surface area (Å²) in [6.45, 7) is 3.49. The van der Waals surface area contributed by atoms with Crippen molar-refractivity contribution in [1.82, 2.24) is 19.9 Å². The van der Waals surface area contributed by atoms with Crippen LogP contribution in [0.1, 0.15) is 30.9 Å². The second kappa shape index (κ2) is 7.36. The van der Waals surface area contributed by atoms with Crippen LogP contribution in [0.25, 0.3) is 10.2 Å². The fraction of sp³-hybridized carbons (Fsp3) is 0.474. The summed E-state index contributed by atoms with van der Waals surface area (Å²) in [5.74, 6) is 2.25. The molecule has 0 aliphatic carbocycles. The molecule has 0 radical (unpaired) electrons. The molecular weight excluding hydrogens is 360 g/mol. The molecule has 1 atom stereocenters. The van der Waals surface area contributed by atoms with Crippen LogP contribution >= 0.6 is 11.3 Å². The lowest BCUT2D eigenvalue weighted by molar-refractivity contribution is 0.0845. The Hall–Kier alpha value is -2.32. The van der Waals surface area contributed by atoms with E-state index >= 15 is 0 Å². The third-order valence-electron chi connectivity index (χ3n) is 5.38. The van der Waals surface area contributed by atoms with Crippen molar-refractivity contribution in [3.8, 4) is 0 Å². The summed E-state index contributed by atoms with van der Waals surface area (Å²) in [4.78, 5) is 21.5. The molecule has 3 aromatic heterocycles. The summed E-state index contributed by atoms with van der Waals surface area (Å²) in [6, 6.07) is 4.47. The minimum atomic E-state index is 0.332. The highest BCUT2D eigenvalue weighted by atomic mass is 32.1. The summed E-state index contributed by atoms with van der Waals surface area (Å²) in [5, 5.41) is 6.74. The minimum absolute atomic E-state index is 0.332. The van der Waals surface area contributed by atoms with Crippen LogP contribution in [-0.2, 0) is 4.74 Å². The van der Waals surface area contributed by atoms with Crippen molar-refractivity contribution < 1.29 is 4.74 Å². The first-order valence-corrected chi connectivity index (χ1v) is 10.3. The fourth-order valence-corrected chi connectivity index (χ4v) is 4.63. The van der Waals surface area contributed by atoms with Gasteiger partial charge in [-0.1, -0.05) is 0 Å². The number of nitrogens with zero attached hydrogens (tertiary/aromatic N) is 5. The number of nitrogens with one attached hydrogen (secondary N) is 1. The van der Waals surface area contributed by atoms with E-state index in [1.807, 2.05) is 6.20 Å². The van der Waals surface area contributed by atoms with E-state index in [1.54, 1.807) is 17.7 Å². The zero-order valence-electron chi connectivity index (χ0n) is 15.0. The van der Waals surface area contributed by atoms with E-state index in [1.165, 1.54) is 0 Å². The molecule has 2 saturated heterocycles. The Bertz CT molecular complexity index is 925. The van der Waals surface area contributed by atoms with Gasteiger partial charge in [-0.3, -0.25) is 0 Å². The zero-order chi connectivity index (χ0) is 18.1. The second-order valence-electron chi connectivity index (χ2n) is 7.11. The number of anilines is 2. The molecule has 27 heavy (non-hydrogen) atoms. The molecule has 2 aliphatic heterocycles. The molecule has 0 bridgehead atoms. The Balaban J connectivity index is 1.29. The minimum Gasteiger partial charge on any atom is -0.381 e. The molecule has 0 amide bonds. The number of rotatable bonds is 4. The molecular formula is C19H22N6OS. The van der Waals surface area contributed by atoms with Crippen molar-refractivity contribution in [2.45, 2.75) is 31.2 Å². The molecule has 8 heteroatoms. The topological polar surface area (TPSA) is 76.1 Å². The van der Waals surface area contributed by atoms with Crippen LogP contribution in [0.3, 0.4) is 0 Å². The first kappa shape index (κ1) is 16.8. The SMILES string of the molecule is c1cc(C2CCOCC2)nc(N2CCC(Nc3ncnc4sccc34)C2)n1. The Morgan fingerprint density at radius 2 is 2.04 bits per heavy atom. The summed E-state index contributed by atoms with van der Waals surface area (Å²) in [6.07, 6.45) is 6.66. The largest absolute Gasteiger partial charge is 0.381 e. The Kier molecular flexibility index (Phi) is 4.59. The first-order chi connectivity index (χ1) is 13.4. The lowest BCUT2D eigenvalue weighted by Crippen LogP contribution is -2.28. The monoisotopic (exact) mass is 382 g/mol. The van der Waals surface area contributed by atoms with Gasteiger partial charge in [0.25, 0.3) is 0 Å². The average Bonchev–Trinajstić information content (AvgIpc) is 3.39. The van der Waals surface area contributed by atoms with Gasteiger partial charge in [0.2, 0.25) is 5.95 Å². The molecule has 3 aromatic rings. The van der Waals surface area contributed by atoms with E-state index in [0.717, 1.165) is 73.2 Å². The molecule has 5 rings (SSSR count). The van der Waals surface area contributed by atoms with E-state index in [-0.39, 0.29) is 0 Å². The van der Waals surface area contributed by atoms with Crippen LogP contribution in [0.5, 0.6) is 0 Å². The van der Waals surface area contributed by atoms with Crippen molar-refractivity contribution in [2.24, 2.45) is 0 Å². The van der Waals surface area contributed by atoms with Gasteiger partial charge in [0, 0.05) is 50.2 Å². The van der Waals surface area contributed by atoms with Crippen LogP contribution in [0, 0.1) is 0 Å². The standard InChI is InChI=1S/C19H22N6OS/c1-6-20-19(24-16(1)13-3-8-26-9-4-13)25-7-2-14(11-25)23-17-15-5-10-27-18(15)22-12-21-17/h1,5-6,10,12-14H,2-4,7-9,11H2,(H,21,22,23). The van der Waals surface area contributed by atoms with Gasteiger partial charge in [-0.05, 0) is 36.8 Å². The first-order valence-electron chi connectivity index (χ1n) is 9.47. The highest BCUT2D eigenvalue weighted by Crippen LogP contribution is 2.28. The number of hydrogen-bond donors (Lipinski definition) is 1. The molecule has 2 fully saturated rings. The van der Waals surface area contributed by atoms with Crippen LogP contribution in [0.2, 0.25) is 0 Å². The van der Waals surface area contributed by atoms with Gasteiger partial charge in [0.1, 0.15) is 17.0 Å². The quantitative estimate of drug-likeness (QED) is 0.743. The molecule has 7 nitrogen and oxygen atoms in total.